The van der Waals surface area contributed by atoms with Gasteiger partial charge < -0.3 is 10.2 Å². The minimum atomic E-state index is -2.94. The summed E-state index contributed by atoms with van der Waals surface area (Å²) in [6.45, 7) is 5.44. The number of sulfone groups is 1. The molecule has 6 nitrogen and oxygen atoms in total. The Balaban J connectivity index is 1.94. The Bertz CT molecular complexity index is 432. The molecule has 2 heterocycles. The molecule has 0 aromatic rings. The molecule has 0 saturated carbocycles. The fourth-order valence-corrected chi connectivity index (χ4v) is 4.56. The van der Waals surface area contributed by atoms with Gasteiger partial charge in [-0.25, -0.2) is 8.42 Å². The number of amides is 1. The van der Waals surface area contributed by atoms with Crippen LogP contribution in [0.15, 0.2) is 0 Å². The van der Waals surface area contributed by atoms with E-state index in [1.807, 2.05) is 6.92 Å². The molecule has 0 aromatic carbocycles. The summed E-state index contributed by atoms with van der Waals surface area (Å²) in [5.74, 6) is 0.352. The van der Waals surface area contributed by atoms with Gasteiger partial charge in [0.2, 0.25) is 5.91 Å². The average molecular weight is 289 g/mol. The lowest BCUT2D eigenvalue weighted by atomic mass is 10.1. The topological polar surface area (TPSA) is 69.7 Å². The molecule has 2 atom stereocenters. The lowest BCUT2D eigenvalue weighted by Crippen LogP contribution is -2.54. The third-order valence-electron chi connectivity index (χ3n) is 4.16. The van der Waals surface area contributed by atoms with E-state index in [9.17, 15) is 13.2 Å². The van der Waals surface area contributed by atoms with Gasteiger partial charge in [0.25, 0.3) is 0 Å². The van der Waals surface area contributed by atoms with Gasteiger partial charge in [-0.15, -0.1) is 0 Å². The normalized spacial score (nSPS) is 29.1. The molecular formula is C12H23N3O3S. The molecule has 2 unspecified atom stereocenters. The van der Waals surface area contributed by atoms with Gasteiger partial charge in [-0.2, -0.15) is 0 Å². The highest BCUT2D eigenvalue weighted by Crippen LogP contribution is 2.18. The van der Waals surface area contributed by atoms with Crippen molar-refractivity contribution in [3.8, 4) is 0 Å². The molecular weight excluding hydrogens is 266 g/mol. The van der Waals surface area contributed by atoms with E-state index in [1.165, 1.54) is 0 Å². The summed E-state index contributed by atoms with van der Waals surface area (Å²) in [4.78, 5) is 16.2. The van der Waals surface area contributed by atoms with Gasteiger partial charge in [0.1, 0.15) is 0 Å². The summed E-state index contributed by atoms with van der Waals surface area (Å²) < 4.78 is 23.0. The Hall–Kier alpha value is -0.660. The highest BCUT2D eigenvalue weighted by atomic mass is 32.2. The quantitative estimate of drug-likeness (QED) is 0.716. The number of nitrogens with zero attached hydrogens (tertiary/aromatic N) is 2. The van der Waals surface area contributed by atoms with Crippen LogP contribution in [-0.2, 0) is 14.6 Å². The lowest BCUT2D eigenvalue weighted by Gasteiger charge is -2.35. The number of rotatable bonds is 3. The fourth-order valence-electron chi connectivity index (χ4n) is 2.78. The van der Waals surface area contributed by atoms with Gasteiger partial charge in [-0.1, -0.05) is 0 Å². The maximum atomic E-state index is 12.4. The van der Waals surface area contributed by atoms with Crippen LogP contribution in [0.3, 0.4) is 0 Å². The number of carbonyl (C=O) groups excluding carboxylic acids is 1. The van der Waals surface area contributed by atoms with Gasteiger partial charge >= 0.3 is 0 Å². The standard InChI is InChI=1S/C12H23N3O3S/c1-10(15-6-4-13-5-7-15)12(16)14(2)11-3-8-19(17,18)9-11/h10-11,13H,3-9H2,1-2H3. The van der Waals surface area contributed by atoms with Crippen molar-refractivity contribution in [3.63, 3.8) is 0 Å². The Kier molecular flexibility index (Phi) is 4.47. The van der Waals surface area contributed by atoms with Crippen LogP contribution in [0.2, 0.25) is 0 Å². The summed E-state index contributed by atoms with van der Waals surface area (Å²) in [5, 5.41) is 3.26. The molecule has 110 valence electrons. The van der Waals surface area contributed by atoms with Crippen molar-refractivity contribution in [1.29, 1.82) is 0 Å². The summed E-state index contributed by atoms with van der Waals surface area (Å²) >= 11 is 0. The highest BCUT2D eigenvalue weighted by Gasteiger charge is 2.35. The first kappa shape index (κ1) is 14.7. The molecule has 1 amide bonds. The smallest absolute Gasteiger partial charge is 0.239 e. The number of hydrogen-bond acceptors (Lipinski definition) is 5. The number of hydrogen-bond donors (Lipinski definition) is 1. The van der Waals surface area contributed by atoms with Crippen LogP contribution in [0.4, 0.5) is 0 Å². The van der Waals surface area contributed by atoms with Gasteiger partial charge in [0.05, 0.1) is 17.5 Å². The van der Waals surface area contributed by atoms with E-state index < -0.39 is 9.84 Å². The van der Waals surface area contributed by atoms with Crippen molar-refractivity contribution in [2.24, 2.45) is 0 Å². The second-order valence-electron chi connectivity index (χ2n) is 5.47. The zero-order valence-electron chi connectivity index (χ0n) is 11.6. The number of nitrogens with one attached hydrogen (secondary N) is 1. The summed E-state index contributed by atoms with van der Waals surface area (Å²) in [6.07, 6.45) is 0.568. The van der Waals surface area contributed by atoms with Crippen LogP contribution >= 0.6 is 0 Å². The molecule has 2 aliphatic rings. The largest absolute Gasteiger partial charge is 0.340 e. The Labute approximate surface area is 115 Å². The Morgan fingerprint density at radius 1 is 1.37 bits per heavy atom. The van der Waals surface area contributed by atoms with Crippen LogP contribution < -0.4 is 5.32 Å². The van der Waals surface area contributed by atoms with Crippen LogP contribution in [0, 0.1) is 0 Å². The minimum Gasteiger partial charge on any atom is -0.340 e. The zero-order valence-corrected chi connectivity index (χ0v) is 12.4. The van der Waals surface area contributed by atoms with Crippen molar-refractivity contribution in [2.45, 2.75) is 25.4 Å². The van der Waals surface area contributed by atoms with Crippen LogP contribution in [0.25, 0.3) is 0 Å². The van der Waals surface area contributed by atoms with Crippen molar-refractivity contribution in [2.75, 3.05) is 44.7 Å². The highest BCUT2D eigenvalue weighted by molar-refractivity contribution is 7.91. The molecule has 2 aliphatic heterocycles. The predicted octanol–water partition coefficient (Wildman–Crippen LogP) is -1.07. The van der Waals surface area contributed by atoms with Gasteiger partial charge in [-0.05, 0) is 13.3 Å². The van der Waals surface area contributed by atoms with Crippen molar-refractivity contribution >= 4 is 15.7 Å². The Morgan fingerprint density at radius 2 is 2.00 bits per heavy atom. The second-order valence-corrected chi connectivity index (χ2v) is 7.70. The predicted molar refractivity (Wildman–Crippen MR) is 73.7 cm³/mol. The molecule has 0 aromatic heterocycles. The van der Waals surface area contributed by atoms with E-state index in [0.717, 1.165) is 26.2 Å². The number of piperazine rings is 1. The molecule has 19 heavy (non-hydrogen) atoms. The Morgan fingerprint density at radius 3 is 2.53 bits per heavy atom. The number of carbonyl (C=O) groups is 1. The van der Waals surface area contributed by atoms with Crippen molar-refractivity contribution in [1.82, 2.24) is 15.1 Å². The third kappa shape index (κ3) is 3.46. The van der Waals surface area contributed by atoms with Gasteiger partial charge in [0, 0.05) is 39.3 Å². The first-order valence-corrected chi connectivity index (χ1v) is 8.65. The van der Waals surface area contributed by atoms with E-state index >= 15 is 0 Å². The van der Waals surface area contributed by atoms with Gasteiger partial charge in [-0.3, -0.25) is 9.69 Å². The molecule has 1 N–H and O–H groups in total. The van der Waals surface area contributed by atoms with E-state index in [1.54, 1.807) is 11.9 Å². The average Bonchev–Trinajstić information content (AvgIpc) is 2.77. The lowest BCUT2D eigenvalue weighted by molar-refractivity contribution is -0.137. The fraction of sp³-hybridized carbons (Fsp3) is 0.917. The zero-order chi connectivity index (χ0) is 14.0. The third-order valence-corrected chi connectivity index (χ3v) is 5.91. The van der Waals surface area contributed by atoms with E-state index in [-0.39, 0.29) is 29.5 Å². The molecule has 2 saturated heterocycles. The van der Waals surface area contributed by atoms with E-state index in [2.05, 4.69) is 10.2 Å². The maximum Gasteiger partial charge on any atom is 0.239 e. The molecule has 0 bridgehead atoms. The number of likely N-dealkylation sites (N-methyl/N-ethyl adjacent to an activating group) is 1. The monoisotopic (exact) mass is 289 g/mol. The van der Waals surface area contributed by atoms with Gasteiger partial charge in [0.15, 0.2) is 9.84 Å². The van der Waals surface area contributed by atoms with Crippen LogP contribution in [0.1, 0.15) is 13.3 Å². The van der Waals surface area contributed by atoms with Crippen molar-refractivity contribution < 1.29 is 13.2 Å². The first-order valence-electron chi connectivity index (χ1n) is 6.82. The molecule has 2 fully saturated rings. The van der Waals surface area contributed by atoms with Crippen LogP contribution in [0.5, 0.6) is 0 Å². The molecule has 0 spiro atoms. The summed E-state index contributed by atoms with van der Waals surface area (Å²) in [5.41, 5.74) is 0. The first-order chi connectivity index (χ1) is 8.91. The molecule has 2 rings (SSSR count). The summed E-state index contributed by atoms with van der Waals surface area (Å²) in [7, 11) is -1.21. The van der Waals surface area contributed by atoms with Crippen molar-refractivity contribution in [3.05, 3.63) is 0 Å². The van der Waals surface area contributed by atoms with Crippen LogP contribution in [-0.4, -0.2) is 80.9 Å². The summed E-state index contributed by atoms with van der Waals surface area (Å²) in [6, 6.07) is -0.321. The molecule has 0 aliphatic carbocycles. The SMILES string of the molecule is CC(C(=O)N(C)C1CCS(=O)(=O)C1)N1CCNCC1. The maximum absolute atomic E-state index is 12.4. The van der Waals surface area contributed by atoms with E-state index in [0.29, 0.717) is 6.42 Å². The molecule has 7 heteroatoms. The molecule has 0 radical (unpaired) electrons. The second kappa shape index (κ2) is 5.76. The van der Waals surface area contributed by atoms with E-state index in [4.69, 9.17) is 0 Å². The minimum absolute atomic E-state index is 0.0315.